The van der Waals surface area contributed by atoms with Crippen LogP contribution in [0.1, 0.15) is 36.5 Å². The number of aromatic nitrogens is 2. The fourth-order valence-corrected chi connectivity index (χ4v) is 1.95. The van der Waals surface area contributed by atoms with Gasteiger partial charge in [0.2, 0.25) is 0 Å². The minimum Gasteiger partial charge on any atom is -0.332 e. The summed E-state index contributed by atoms with van der Waals surface area (Å²) in [5.74, 6) is 0. The number of carbonyl (C=O) groups is 1. The van der Waals surface area contributed by atoms with E-state index in [1.54, 1.807) is 6.20 Å². The van der Waals surface area contributed by atoms with Crippen LogP contribution in [-0.4, -0.2) is 15.8 Å². The number of rotatable bonds is 5. The molecule has 2 aromatic heterocycles. The molecule has 0 fully saturated rings. The first-order valence-electron chi connectivity index (χ1n) is 5.76. The molecule has 0 saturated carbocycles. The van der Waals surface area contributed by atoms with Crippen molar-refractivity contribution in [3.05, 3.63) is 30.1 Å². The summed E-state index contributed by atoms with van der Waals surface area (Å²) in [7, 11) is 0. The lowest BCUT2D eigenvalue weighted by molar-refractivity contribution is 0.112. The summed E-state index contributed by atoms with van der Waals surface area (Å²) < 4.78 is 2.08. The zero-order chi connectivity index (χ0) is 11.4. The Hall–Kier alpha value is -1.64. The van der Waals surface area contributed by atoms with Crippen LogP contribution in [0.25, 0.3) is 11.0 Å². The molecule has 0 aliphatic carbocycles. The third kappa shape index (κ3) is 1.98. The van der Waals surface area contributed by atoms with Crippen molar-refractivity contribution < 1.29 is 4.79 Å². The second kappa shape index (κ2) is 4.92. The fourth-order valence-electron chi connectivity index (χ4n) is 1.95. The van der Waals surface area contributed by atoms with Crippen LogP contribution in [0.3, 0.4) is 0 Å². The molecule has 0 spiro atoms. The van der Waals surface area contributed by atoms with Crippen molar-refractivity contribution in [2.75, 3.05) is 0 Å². The van der Waals surface area contributed by atoms with Gasteiger partial charge in [-0.2, -0.15) is 0 Å². The maximum Gasteiger partial charge on any atom is 0.152 e. The van der Waals surface area contributed by atoms with E-state index in [4.69, 9.17) is 0 Å². The van der Waals surface area contributed by atoms with Crippen LogP contribution in [0, 0.1) is 0 Å². The SMILES string of the molecule is CCCCCn1cc(C=O)c2cccnc21. The van der Waals surface area contributed by atoms with E-state index >= 15 is 0 Å². The number of carbonyl (C=O) groups excluding carboxylic acids is 1. The van der Waals surface area contributed by atoms with E-state index in [1.807, 2.05) is 18.3 Å². The van der Waals surface area contributed by atoms with Gasteiger partial charge in [-0.05, 0) is 18.6 Å². The number of hydrogen-bond acceptors (Lipinski definition) is 2. The van der Waals surface area contributed by atoms with Crippen molar-refractivity contribution in [1.29, 1.82) is 0 Å². The van der Waals surface area contributed by atoms with Crippen molar-refractivity contribution in [3.8, 4) is 0 Å². The van der Waals surface area contributed by atoms with Crippen LogP contribution in [-0.2, 0) is 6.54 Å². The van der Waals surface area contributed by atoms with E-state index in [2.05, 4.69) is 16.5 Å². The van der Waals surface area contributed by atoms with Gasteiger partial charge < -0.3 is 4.57 Å². The number of aldehydes is 1. The Kier molecular flexibility index (Phi) is 3.34. The summed E-state index contributed by atoms with van der Waals surface area (Å²) in [5.41, 5.74) is 1.65. The molecule has 2 heterocycles. The minimum atomic E-state index is 0.736. The van der Waals surface area contributed by atoms with Crippen molar-refractivity contribution >= 4 is 17.3 Å². The standard InChI is InChI=1S/C13H16N2O/c1-2-3-4-8-15-9-11(10-16)12-6-5-7-14-13(12)15/h5-7,9-10H,2-4,8H2,1H3. The van der Waals surface area contributed by atoms with Gasteiger partial charge in [-0.3, -0.25) is 4.79 Å². The van der Waals surface area contributed by atoms with E-state index < -0.39 is 0 Å². The van der Waals surface area contributed by atoms with Crippen LogP contribution in [0.4, 0.5) is 0 Å². The van der Waals surface area contributed by atoms with Crippen molar-refractivity contribution in [2.24, 2.45) is 0 Å². The van der Waals surface area contributed by atoms with Crippen molar-refractivity contribution in [1.82, 2.24) is 9.55 Å². The summed E-state index contributed by atoms with van der Waals surface area (Å²) in [6.45, 7) is 3.12. The van der Waals surface area contributed by atoms with E-state index in [9.17, 15) is 4.79 Å². The summed E-state index contributed by atoms with van der Waals surface area (Å²) >= 11 is 0. The summed E-state index contributed by atoms with van der Waals surface area (Å²) in [6.07, 6.45) is 8.12. The molecule has 0 saturated heterocycles. The summed E-state index contributed by atoms with van der Waals surface area (Å²) in [6, 6.07) is 3.81. The quantitative estimate of drug-likeness (QED) is 0.568. The van der Waals surface area contributed by atoms with Crippen LogP contribution in [0.5, 0.6) is 0 Å². The molecule has 0 radical (unpaired) electrons. The largest absolute Gasteiger partial charge is 0.332 e. The van der Waals surface area contributed by atoms with E-state index in [-0.39, 0.29) is 0 Å². The van der Waals surface area contributed by atoms with Gasteiger partial charge in [-0.25, -0.2) is 4.98 Å². The molecular formula is C13H16N2O. The second-order valence-corrected chi connectivity index (χ2v) is 3.98. The lowest BCUT2D eigenvalue weighted by Gasteiger charge is -2.02. The highest BCUT2D eigenvalue weighted by molar-refractivity contribution is 5.95. The molecule has 3 nitrogen and oxygen atoms in total. The van der Waals surface area contributed by atoms with E-state index in [0.717, 1.165) is 35.8 Å². The molecule has 0 unspecified atom stereocenters. The molecule has 0 aliphatic heterocycles. The molecule has 2 rings (SSSR count). The lowest BCUT2D eigenvalue weighted by Crippen LogP contribution is -1.96. The molecule has 0 bridgehead atoms. The predicted octanol–water partition coefficient (Wildman–Crippen LogP) is 3.04. The molecule has 0 aliphatic rings. The smallest absolute Gasteiger partial charge is 0.152 e. The van der Waals surface area contributed by atoms with Gasteiger partial charge in [-0.15, -0.1) is 0 Å². The molecule has 2 aromatic rings. The number of pyridine rings is 1. The predicted molar refractivity (Wildman–Crippen MR) is 64.6 cm³/mol. The highest BCUT2D eigenvalue weighted by Crippen LogP contribution is 2.18. The highest BCUT2D eigenvalue weighted by atomic mass is 16.1. The van der Waals surface area contributed by atoms with Crippen molar-refractivity contribution in [2.45, 2.75) is 32.7 Å². The fraction of sp³-hybridized carbons (Fsp3) is 0.385. The number of hydrogen-bond donors (Lipinski definition) is 0. The van der Waals surface area contributed by atoms with Crippen LogP contribution >= 0.6 is 0 Å². The van der Waals surface area contributed by atoms with Gasteiger partial charge in [-0.1, -0.05) is 19.8 Å². The van der Waals surface area contributed by atoms with Crippen LogP contribution in [0.15, 0.2) is 24.5 Å². The number of nitrogens with zero attached hydrogens (tertiary/aromatic N) is 2. The molecule has 0 aromatic carbocycles. The molecular weight excluding hydrogens is 200 g/mol. The highest BCUT2D eigenvalue weighted by Gasteiger charge is 2.07. The van der Waals surface area contributed by atoms with Crippen molar-refractivity contribution in [3.63, 3.8) is 0 Å². The second-order valence-electron chi connectivity index (χ2n) is 3.98. The zero-order valence-corrected chi connectivity index (χ0v) is 9.52. The lowest BCUT2D eigenvalue weighted by atomic mass is 10.2. The Morgan fingerprint density at radius 2 is 2.31 bits per heavy atom. The molecule has 3 heteroatoms. The number of fused-ring (bicyclic) bond motifs is 1. The Balaban J connectivity index is 2.33. The third-order valence-electron chi connectivity index (χ3n) is 2.79. The molecule has 0 amide bonds. The molecule has 16 heavy (non-hydrogen) atoms. The first-order chi connectivity index (χ1) is 7.86. The van der Waals surface area contributed by atoms with Gasteiger partial charge in [0.05, 0.1) is 0 Å². The van der Waals surface area contributed by atoms with Crippen LogP contribution in [0.2, 0.25) is 0 Å². The van der Waals surface area contributed by atoms with Gasteiger partial charge in [0.15, 0.2) is 6.29 Å². The Morgan fingerprint density at radius 1 is 1.44 bits per heavy atom. The van der Waals surface area contributed by atoms with E-state index in [0.29, 0.717) is 0 Å². The normalized spacial score (nSPS) is 10.8. The Labute approximate surface area is 95.1 Å². The maximum atomic E-state index is 10.9. The first kappa shape index (κ1) is 10.9. The van der Waals surface area contributed by atoms with Gasteiger partial charge in [0.25, 0.3) is 0 Å². The average Bonchev–Trinajstić information content (AvgIpc) is 2.68. The number of unbranched alkanes of at least 4 members (excludes halogenated alkanes) is 2. The minimum absolute atomic E-state index is 0.736. The molecule has 0 atom stereocenters. The maximum absolute atomic E-state index is 10.9. The monoisotopic (exact) mass is 216 g/mol. The Morgan fingerprint density at radius 3 is 3.06 bits per heavy atom. The van der Waals surface area contributed by atoms with Gasteiger partial charge in [0, 0.05) is 29.9 Å². The summed E-state index contributed by atoms with van der Waals surface area (Å²) in [4.78, 5) is 15.3. The first-order valence-corrected chi connectivity index (χ1v) is 5.76. The Bertz CT molecular complexity index is 488. The average molecular weight is 216 g/mol. The topological polar surface area (TPSA) is 34.9 Å². The van der Waals surface area contributed by atoms with Crippen LogP contribution < -0.4 is 0 Å². The number of aryl methyl sites for hydroxylation is 1. The van der Waals surface area contributed by atoms with Gasteiger partial charge in [0.1, 0.15) is 5.65 Å². The third-order valence-corrected chi connectivity index (χ3v) is 2.79. The summed E-state index contributed by atoms with van der Waals surface area (Å²) in [5, 5.41) is 0.953. The molecule has 0 N–H and O–H groups in total. The molecule has 84 valence electrons. The van der Waals surface area contributed by atoms with Gasteiger partial charge >= 0.3 is 0 Å². The van der Waals surface area contributed by atoms with E-state index in [1.165, 1.54) is 12.8 Å². The zero-order valence-electron chi connectivity index (χ0n) is 9.52.